The van der Waals surface area contributed by atoms with E-state index in [0.717, 1.165) is 5.57 Å². The van der Waals surface area contributed by atoms with Crippen LogP contribution in [-0.2, 0) is 0 Å². The second-order valence-corrected chi connectivity index (χ2v) is 4.53. The van der Waals surface area contributed by atoms with E-state index in [1.54, 1.807) is 6.08 Å². The second-order valence-electron chi connectivity index (χ2n) is 4.53. The second kappa shape index (κ2) is 3.44. The summed E-state index contributed by atoms with van der Waals surface area (Å²) in [4.78, 5) is 10.8. The molecule has 14 heavy (non-hydrogen) atoms. The van der Waals surface area contributed by atoms with Crippen LogP contribution in [0.1, 0.15) is 33.6 Å². The summed E-state index contributed by atoms with van der Waals surface area (Å²) in [6, 6.07) is 0. The van der Waals surface area contributed by atoms with Gasteiger partial charge in [-0.15, -0.1) is 4.91 Å². The van der Waals surface area contributed by atoms with Gasteiger partial charge in [0.1, 0.15) is 6.10 Å². The maximum Gasteiger partial charge on any atom is 0.160 e. The van der Waals surface area contributed by atoms with Gasteiger partial charge in [-0.05, 0) is 33.6 Å². The minimum Gasteiger partial charge on any atom is -0.388 e. The van der Waals surface area contributed by atoms with E-state index in [2.05, 4.69) is 5.18 Å². The van der Waals surface area contributed by atoms with Crippen LogP contribution >= 0.6 is 0 Å². The molecule has 0 bridgehead atoms. The van der Waals surface area contributed by atoms with Gasteiger partial charge in [0.25, 0.3) is 0 Å². The van der Waals surface area contributed by atoms with Crippen molar-refractivity contribution in [3.8, 4) is 0 Å². The molecule has 0 aromatic carbocycles. The van der Waals surface area contributed by atoms with E-state index in [9.17, 15) is 15.1 Å². The zero-order chi connectivity index (χ0) is 11.0. The first-order valence-electron chi connectivity index (χ1n) is 4.76. The van der Waals surface area contributed by atoms with Crippen LogP contribution in [0.15, 0.2) is 16.8 Å². The lowest BCUT2D eigenvalue weighted by molar-refractivity contribution is -0.0584. The minimum atomic E-state index is -1.30. The smallest absolute Gasteiger partial charge is 0.160 e. The third kappa shape index (κ3) is 1.60. The maximum atomic E-state index is 10.8. The molecule has 80 valence electrons. The van der Waals surface area contributed by atoms with Gasteiger partial charge < -0.3 is 10.2 Å². The molecule has 0 aromatic heterocycles. The summed E-state index contributed by atoms with van der Waals surface area (Å²) in [6.07, 6.45) is 1.69. The molecule has 0 saturated heterocycles. The molecule has 0 heterocycles. The highest BCUT2D eigenvalue weighted by Crippen LogP contribution is 2.39. The summed E-state index contributed by atoms with van der Waals surface area (Å²) in [6.45, 7) is 4.90. The van der Waals surface area contributed by atoms with E-state index in [1.165, 1.54) is 13.8 Å². The Kier molecular flexibility index (Phi) is 2.78. The van der Waals surface area contributed by atoms with E-state index in [0.29, 0.717) is 12.8 Å². The fourth-order valence-electron chi connectivity index (χ4n) is 1.91. The number of aliphatic hydroxyl groups is 2. The molecule has 0 radical (unpaired) electrons. The summed E-state index contributed by atoms with van der Waals surface area (Å²) >= 11 is 0. The van der Waals surface area contributed by atoms with Gasteiger partial charge in [-0.25, -0.2) is 0 Å². The highest BCUT2D eigenvalue weighted by molar-refractivity contribution is 5.20. The van der Waals surface area contributed by atoms with Crippen LogP contribution in [0.4, 0.5) is 0 Å². The molecule has 0 amide bonds. The van der Waals surface area contributed by atoms with Crippen LogP contribution in [0.2, 0.25) is 0 Å². The molecule has 1 rings (SSSR count). The zero-order valence-corrected chi connectivity index (χ0v) is 8.82. The molecule has 2 atom stereocenters. The molecule has 1 aliphatic carbocycles. The largest absolute Gasteiger partial charge is 0.388 e. The number of hydrogen-bond acceptors (Lipinski definition) is 4. The fraction of sp³-hybridized carbons (Fsp3) is 0.800. The van der Waals surface area contributed by atoms with Gasteiger partial charge in [-0.2, -0.15) is 0 Å². The average molecular weight is 199 g/mol. The standard InChI is InChI=1S/C10H17NO3/c1-7-4-5-10(11-14,8(12)6-7)9(2,3)13/h6,8,12-13H,4-5H2,1-3H3. The number of nitroso groups, excluding NO2 is 1. The molecule has 0 spiro atoms. The highest BCUT2D eigenvalue weighted by Gasteiger charge is 2.52. The average Bonchev–Trinajstić information content (AvgIpc) is 2.02. The lowest BCUT2D eigenvalue weighted by Gasteiger charge is -2.42. The normalized spacial score (nSPS) is 33.8. The van der Waals surface area contributed by atoms with Crippen molar-refractivity contribution in [1.29, 1.82) is 0 Å². The van der Waals surface area contributed by atoms with Gasteiger partial charge in [0.05, 0.1) is 5.60 Å². The van der Waals surface area contributed by atoms with Gasteiger partial charge in [-0.3, -0.25) is 0 Å². The Bertz CT molecular complexity index is 267. The van der Waals surface area contributed by atoms with Crippen LogP contribution in [-0.4, -0.2) is 27.5 Å². The van der Waals surface area contributed by atoms with Crippen molar-refractivity contribution < 1.29 is 10.2 Å². The topological polar surface area (TPSA) is 69.9 Å². The molecule has 2 unspecified atom stereocenters. The molecular formula is C10H17NO3. The van der Waals surface area contributed by atoms with Crippen molar-refractivity contribution in [2.75, 3.05) is 0 Å². The molecule has 1 aliphatic rings. The molecule has 0 saturated carbocycles. The lowest BCUT2D eigenvalue weighted by Crippen LogP contribution is -2.57. The minimum absolute atomic E-state index is 0.392. The number of nitrogens with zero attached hydrogens (tertiary/aromatic N) is 1. The van der Waals surface area contributed by atoms with Crippen molar-refractivity contribution in [3.05, 3.63) is 16.6 Å². The Hall–Kier alpha value is -0.740. The van der Waals surface area contributed by atoms with Crippen molar-refractivity contribution in [3.63, 3.8) is 0 Å². The van der Waals surface area contributed by atoms with Gasteiger partial charge in [0.2, 0.25) is 0 Å². The molecule has 4 nitrogen and oxygen atoms in total. The summed E-state index contributed by atoms with van der Waals surface area (Å²) < 4.78 is 0. The Morgan fingerprint density at radius 3 is 2.57 bits per heavy atom. The third-order valence-corrected chi connectivity index (χ3v) is 3.05. The van der Waals surface area contributed by atoms with E-state index in [4.69, 9.17) is 0 Å². The third-order valence-electron chi connectivity index (χ3n) is 3.05. The lowest BCUT2D eigenvalue weighted by atomic mass is 9.71. The molecule has 0 aliphatic heterocycles. The Morgan fingerprint density at radius 1 is 1.64 bits per heavy atom. The molecule has 0 fully saturated rings. The SMILES string of the molecule is CC1=CC(O)C(N=O)(C(C)(C)O)CC1. The fourth-order valence-corrected chi connectivity index (χ4v) is 1.91. The monoisotopic (exact) mass is 199 g/mol. The van der Waals surface area contributed by atoms with Gasteiger partial charge in [0.15, 0.2) is 5.54 Å². The predicted molar refractivity (Wildman–Crippen MR) is 53.8 cm³/mol. The van der Waals surface area contributed by atoms with Gasteiger partial charge in [-0.1, -0.05) is 16.8 Å². The van der Waals surface area contributed by atoms with Crippen LogP contribution < -0.4 is 0 Å². The molecular weight excluding hydrogens is 182 g/mol. The van der Waals surface area contributed by atoms with E-state index in [-0.39, 0.29) is 0 Å². The number of rotatable bonds is 2. The predicted octanol–water partition coefficient (Wildman–Crippen LogP) is 1.36. The van der Waals surface area contributed by atoms with Crippen LogP contribution in [0.25, 0.3) is 0 Å². The Labute approximate surface area is 83.6 Å². The number of aliphatic hydroxyl groups excluding tert-OH is 1. The number of allylic oxidation sites excluding steroid dienone is 1. The number of hydrogen-bond donors (Lipinski definition) is 2. The Morgan fingerprint density at radius 2 is 2.21 bits per heavy atom. The summed E-state index contributed by atoms with van der Waals surface area (Å²) in [7, 11) is 0. The van der Waals surface area contributed by atoms with Crippen LogP contribution in [0.3, 0.4) is 0 Å². The molecule has 0 aromatic rings. The summed E-state index contributed by atoms with van der Waals surface area (Å²) in [5, 5.41) is 22.6. The first-order chi connectivity index (χ1) is 6.33. The zero-order valence-electron chi connectivity index (χ0n) is 8.82. The molecule has 4 heteroatoms. The van der Waals surface area contributed by atoms with Crippen molar-refractivity contribution >= 4 is 0 Å². The van der Waals surface area contributed by atoms with Crippen molar-refractivity contribution in [2.24, 2.45) is 5.18 Å². The molecule has 2 N–H and O–H groups in total. The maximum absolute atomic E-state index is 10.8. The van der Waals surface area contributed by atoms with Gasteiger partial charge in [0, 0.05) is 0 Å². The van der Waals surface area contributed by atoms with E-state index in [1.807, 2.05) is 6.92 Å². The summed E-state index contributed by atoms with van der Waals surface area (Å²) in [5.74, 6) is 0. The van der Waals surface area contributed by atoms with Gasteiger partial charge >= 0.3 is 0 Å². The summed E-state index contributed by atoms with van der Waals surface area (Å²) in [5.41, 5.74) is -1.57. The highest BCUT2D eigenvalue weighted by atomic mass is 16.3. The van der Waals surface area contributed by atoms with Crippen molar-refractivity contribution in [1.82, 2.24) is 0 Å². The first kappa shape index (κ1) is 11.3. The van der Waals surface area contributed by atoms with Crippen LogP contribution in [0.5, 0.6) is 0 Å². The Balaban J connectivity index is 3.09. The quantitative estimate of drug-likeness (QED) is 0.521. The van der Waals surface area contributed by atoms with E-state index < -0.39 is 17.2 Å². The first-order valence-corrected chi connectivity index (χ1v) is 4.76. The van der Waals surface area contributed by atoms with Crippen LogP contribution in [0, 0.1) is 4.91 Å². The van der Waals surface area contributed by atoms with E-state index >= 15 is 0 Å². The van der Waals surface area contributed by atoms with Crippen molar-refractivity contribution in [2.45, 2.75) is 50.9 Å².